The van der Waals surface area contributed by atoms with Crippen LogP contribution in [0.25, 0.3) is 11.2 Å². The van der Waals surface area contributed by atoms with Crippen molar-refractivity contribution in [2.75, 3.05) is 37.8 Å². The van der Waals surface area contributed by atoms with Gasteiger partial charge < -0.3 is 79.9 Å². The molecule has 0 aromatic carbocycles. The quantitative estimate of drug-likeness (QED) is 0.0300. The van der Waals surface area contributed by atoms with Crippen LogP contribution in [0.1, 0.15) is 40.0 Å². The van der Waals surface area contributed by atoms with E-state index in [2.05, 4.69) is 43.5 Å². The maximum absolute atomic E-state index is 12.6. The van der Waals surface area contributed by atoms with Crippen LogP contribution in [0.3, 0.4) is 0 Å². The second-order valence-corrected chi connectivity index (χ2v) is 18.8. The van der Waals surface area contributed by atoms with Crippen LogP contribution in [-0.2, 0) is 61.2 Å². The summed E-state index contributed by atoms with van der Waals surface area (Å²) >= 11 is 0.889. The maximum Gasteiger partial charge on any atom is 0.320 e. The number of fused-ring (bicyclic) bond motifs is 1. The van der Waals surface area contributed by atoms with E-state index in [1.807, 2.05) is 0 Å². The third-order valence-corrected chi connectivity index (χ3v) is 12.3. The van der Waals surface area contributed by atoms with Crippen molar-refractivity contribution < 1.29 is 90.4 Å². The molecule has 3 heterocycles. The molecule has 1 aliphatic heterocycles. The van der Waals surface area contributed by atoms with Gasteiger partial charge in [0.25, 0.3) is 15.6 Å². The number of aliphatic carboxylic acids is 1. The van der Waals surface area contributed by atoms with Crippen molar-refractivity contribution in [3.8, 4) is 0 Å². The number of nitrogen functional groups attached to an aromatic ring is 1. The minimum absolute atomic E-state index is 0.0237. The van der Waals surface area contributed by atoms with Crippen molar-refractivity contribution >= 4 is 75.1 Å². The van der Waals surface area contributed by atoms with Crippen LogP contribution in [0, 0.1) is 5.41 Å². The number of carbonyl (C=O) groups is 4. The monoisotopic (exact) mass is 932 g/mol. The molecule has 2 amide bonds. The third kappa shape index (κ3) is 15.0. The normalized spacial score (nSPS) is 22.9. The number of aliphatic hydroxyl groups excluding tert-OH is 2. The summed E-state index contributed by atoms with van der Waals surface area (Å²) in [6, 6.07) is -1.04. The van der Waals surface area contributed by atoms with Gasteiger partial charge in [-0.05, 0) is 25.8 Å². The lowest BCUT2D eigenvalue weighted by atomic mass is 9.87. The fourth-order valence-corrected chi connectivity index (χ4v) is 8.52. The standard InChI is InChI=1S/C29H47N8O19P3S/c1-28(2,23(41)26(42)33-9-8-18(38)32-10-11-60-19(39)7-5-4-6-16(30)27(43)44)13-53-59(50,51)56-58(48,49)52-12-17-21(55-57(45,46)47)22(40)29(3,54-17)37-15-36-20-24(31)34-14-35-25(20)37/h5,7,14-17,21-23,40-41H,4,6,8-13,30H2,1-3H3,(H,32,38)(H,33,42)(H,43,44)(H,48,49)(H,50,51)(H2,31,34,35)(H2,45,46,47)/p-4/b7-5+/t16-,17?,21?,22?,23?,29?/m0/s1. The van der Waals surface area contributed by atoms with Crippen molar-refractivity contribution in [3.63, 3.8) is 0 Å². The molecule has 338 valence electrons. The molecule has 0 bridgehead atoms. The molecule has 31 heteroatoms. The second kappa shape index (κ2) is 21.2. The Labute approximate surface area is 345 Å². The number of phosphoric ester groups is 3. The summed E-state index contributed by atoms with van der Waals surface area (Å²) in [5.41, 5.74) is 7.32. The molecule has 1 aliphatic rings. The van der Waals surface area contributed by atoms with E-state index in [1.54, 1.807) is 0 Å². The van der Waals surface area contributed by atoms with Crippen molar-refractivity contribution in [1.82, 2.24) is 30.2 Å². The number of nitrogens with two attached hydrogens (primary N) is 2. The largest absolute Gasteiger partial charge is 0.790 e. The number of amides is 2. The topological polar surface area (TPSA) is 438 Å². The van der Waals surface area contributed by atoms with Crippen LogP contribution in [0.4, 0.5) is 5.82 Å². The van der Waals surface area contributed by atoms with Gasteiger partial charge in [-0.1, -0.05) is 31.7 Å². The minimum Gasteiger partial charge on any atom is -0.790 e. The van der Waals surface area contributed by atoms with Crippen molar-refractivity contribution in [1.29, 1.82) is 0 Å². The average molecular weight is 933 g/mol. The number of thioether (sulfide) groups is 1. The number of imidazole rings is 1. The van der Waals surface area contributed by atoms with Gasteiger partial charge in [-0.3, -0.25) is 32.9 Å². The number of rotatable bonds is 24. The summed E-state index contributed by atoms with van der Waals surface area (Å²) in [6.45, 7) is 0.984. The zero-order chi connectivity index (χ0) is 45.3. The first-order chi connectivity index (χ1) is 27.7. The number of nitrogens with zero attached hydrogens (tertiary/aromatic N) is 4. The van der Waals surface area contributed by atoms with Crippen molar-refractivity contribution in [2.24, 2.45) is 11.1 Å². The zero-order valence-corrected chi connectivity index (χ0v) is 35.4. The molecule has 0 spiro atoms. The van der Waals surface area contributed by atoms with Crippen LogP contribution in [0.2, 0.25) is 0 Å². The third-order valence-electron chi connectivity index (χ3n) is 8.42. The number of allylic oxidation sites excluding steroid dienone is 1. The number of anilines is 1. The van der Waals surface area contributed by atoms with E-state index in [-0.39, 0.29) is 60.2 Å². The molecule has 27 nitrogen and oxygen atoms in total. The fraction of sp³-hybridized carbons (Fsp3) is 0.621. The number of ether oxygens (including phenoxy) is 1. The van der Waals surface area contributed by atoms with E-state index in [4.69, 9.17) is 21.3 Å². The summed E-state index contributed by atoms with van der Waals surface area (Å²) in [5, 5.41) is 34.8. The summed E-state index contributed by atoms with van der Waals surface area (Å²) in [5.74, 6) is -2.63. The zero-order valence-electron chi connectivity index (χ0n) is 31.9. The molecule has 0 radical (unpaired) electrons. The van der Waals surface area contributed by atoms with Crippen LogP contribution < -0.4 is 41.7 Å². The summed E-state index contributed by atoms with van der Waals surface area (Å²) in [7, 11) is -17.7. The lowest BCUT2D eigenvalue weighted by molar-refractivity contribution is -0.347. The predicted octanol–water partition coefficient (Wildman–Crippen LogP) is -3.94. The Hall–Kier alpha value is -3.27. The van der Waals surface area contributed by atoms with Crippen molar-refractivity contribution in [3.05, 3.63) is 24.8 Å². The van der Waals surface area contributed by atoms with Crippen LogP contribution >= 0.6 is 35.2 Å². The first kappa shape index (κ1) is 51.1. The van der Waals surface area contributed by atoms with Gasteiger partial charge in [0.05, 0.1) is 27.4 Å². The summed E-state index contributed by atoms with van der Waals surface area (Å²) in [6.07, 6.45) is -3.07. The molecule has 2 aromatic rings. The maximum atomic E-state index is 12.6. The molecule has 1 saturated heterocycles. The Morgan fingerprint density at radius 3 is 2.42 bits per heavy atom. The van der Waals surface area contributed by atoms with Crippen LogP contribution in [0.5, 0.6) is 0 Å². The summed E-state index contributed by atoms with van der Waals surface area (Å²) < 4.78 is 61.0. The number of carboxylic acid groups (broad SMARTS) is 1. The van der Waals surface area contributed by atoms with Gasteiger partial charge in [0.1, 0.15) is 42.3 Å². The van der Waals surface area contributed by atoms with E-state index in [0.717, 1.165) is 35.9 Å². The highest BCUT2D eigenvalue weighted by atomic mass is 32.2. The Kier molecular flexibility index (Phi) is 18.1. The van der Waals surface area contributed by atoms with Gasteiger partial charge in [0, 0.05) is 30.7 Å². The highest BCUT2D eigenvalue weighted by Crippen LogP contribution is 2.56. The predicted molar refractivity (Wildman–Crippen MR) is 197 cm³/mol. The molecule has 1 fully saturated rings. The van der Waals surface area contributed by atoms with Gasteiger partial charge in [0.2, 0.25) is 16.9 Å². The van der Waals surface area contributed by atoms with Gasteiger partial charge in [-0.2, -0.15) is 0 Å². The lowest BCUT2D eigenvalue weighted by Gasteiger charge is -2.36. The smallest absolute Gasteiger partial charge is 0.320 e. The minimum atomic E-state index is -5.96. The number of aromatic nitrogens is 4. The number of hydrogen-bond donors (Lipinski definition) is 7. The van der Waals surface area contributed by atoms with Crippen LogP contribution in [0.15, 0.2) is 24.8 Å². The first-order valence-corrected chi connectivity index (χ1v) is 22.7. The van der Waals surface area contributed by atoms with E-state index in [9.17, 15) is 62.7 Å². The Balaban J connectivity index is 1.47. The van der Waals surface area contributed by atoms with E-state index < -0.39 is 96.1 Å². The number of hydrogen-bond acceptors (Lipinski definition) is 24. The lowest BCUT2D eigenvalue weighted by Crippen LogP contribution is -2.46. The van der Waals surface area contributed by atoms with Gasteiger partial charge in [-0.25, -0.2) is 19.3 Å². The van der Waals surface area contributed by atoms with E-state index >= 15 is 0 Å². The molecule has 2 aromatic heterocycles. The van der Waals surface area contributed by atoms with Crippen molar-refractivity contribution in [2.45, 2.75) is 76.2 Å². The molecule has 9 N–H and O–H groups in total. The second-order valence-electron chi connectivity index (χ2n) is 13.6. The summed E-state index contributed by atoms with van der Waals surface area (Å²) in [4.78, 5) is 107. The van der Waals surface area contributed by atoms with Crippen LogP contribution in [-0.4, -0.2) is 120 Å². The fourth-order valence-electron chi connectivity index (χ4n) is 5.20. The highest BCUT2D eigenvalue weighted by molar-refractivity contribution is 8.14. The van der Waals surface area contributed by atoms with Gasteiger partial charge in [0.15, 0.2) is 17.2 Å². The molecule has 60 heavy (non-hydrogen) atoms. The molecular formula is C29H43N8O19P3S-4. The molecule has 8 atom stereocenters. The molecule has 7 unspecified atom stereocenters. The Bertz CT molecular complexity index is 2040. The number of carboxylic acids is 1. The first-order valence-electron chi connectivity index (χ1n) is 17.3. The van der Waals surface area contributed by atoms with Gasteiger partial charge >= 0.3 is 5.97 Å². The van der Waals surface area contributed by atoms with Gasteiger partial charge in [-0.15, -0.1) is 0 Å². The van der Waals surface area contributed by atoms with E-state index in [0.29, 0.717) is 0 Å². The Morgan fingerprint density at radius 1 is 1.10 bits per heavy atom. The Morgan fingerprint density at radius 2 is 1.77 bits per heavy atom. The SMILES string of the molecule is CC(C)(COP(=O)([O-])OP(=O)([O-])OCC1OC(C)(n2cnc3c(N)ncnc32)C(O)C1OP(=O)([O-])[O-])C(O)C(=O)NCCC(=O)NCCSC(=O)/C=C/CC[C@H](N)C(=O)O. The average Bonchev–Trinajstić information content (AvgIpc) is 3.69. The molecular weight excluding hydrogens is 889 g/mol. The number of aliphatic hydroxyl groups is 2. The molecule has 3 rings (SSSR count). The number of phosphoric acid groups is 3. The highest BCUT2D eigenvalue weighted by Gasteiger charge is 2.55. The van der Waals surface area contributed by atoms with E-state index in [1.165, 1.54) is 26.0 Å². The molecule has 0 saturated carbocycles. The molecule has 0 aliphatic carbocycles. The number of carbonyl (C=O) groups excluding carboxylic acids is 3. The number of nitrogens with one attached hydrogen (secondary N) is 2.